The first-order valence-electron chi connectivity index (χ1n) is 28.4. The van der Waals surface area contributed by atoms with Crippen LogP contribution in [-0.4, -0.2) is 31.3 Å². The zero-order valence-corrected chi connectivity index (χ0v) is 52.9. The van der Waals surface area contributed by atoms with E-state index < -0.39 is 31.3 Å². The molecule has 0 atom stereocenters. The summed E-state index contributed by atoms with van der Waals surface area (Å²) in [6, 6.07) is 66.0. The minimum absolute atomic E-state index is 0.348. The second-order valence-electron chi connectivity index (χ2n) is 23.5. The van der Waals surface area contributed by atoms with Gasteiger partial charge < -0.3 is 0 Å². The fraction of sp³-hybridized carbons (Fsp3) is 0.333. The Balaban J connectivity index is 1.53. The topological polar surface area (TPSA) is 6.48 Å². The molecule has 76 heavy (non-hydrogen) atoms. The van der Waals surface area contributed by atoms with Crippen molar-refractivity contribution in [3.05, 3.63) is 214 Å². The second kappa shape index (κ2) is 24.8. The molecular formula is C72H84Ge2N2. The van der Waals surface area contributed by atoms with Gasteiger partial charge in [0.25, 0.3) is 0 Å². The van der Waals surface area contributed by atoms with Crippen molar-refractivity contribution in [3.8, 4) is 44.5 Å². The van der Waals surface area contributed by atoms with Gasteiger partial charge in [-0.25, -0.2) is 0 Å². The Hall–Kier alpha value is -5.55. The van der Waals surface area contributed by atoms with Gasteiger partial charge in [-0.2, -0.15) is 0 Å². The van der Waals surface area contributed by atoms with E-state index in [2.05, 4.69) is 289 Å². The van der Waals surface area contributed by atoms with Crippen LogP contribution in [0.4, 0.5) is 11.4 Å². The van der Waals surface area contributed by atoms with Crippen molar-refractivity contribution < 1.29 is 0 Å². The monoisotopic (exact) mass is 1120 g/mol. The van der Waals surface area contributed by atoms with Gasteiger partial charge in [0.05, 0.1) is 0 Å². The summed E-state index contributed by atoms with van der Waals surface area (Å²) in [6.07, 6.45) is 0. The summed E-state index contributed by atoms with van der Waals surface area (Å²) in [5.74, 6) is 2.78. The zero-order valence-electron chi connectivity index (χ0n) is 48.7. The summed E-state index contributed by atoms with van der Waals surface area (Å²) in [5, 5.41) is 0. The van der Waals surface area contributed by atoms with E-state index >= 15 is 0 Å². The Bertz CT molecular complexity index is 2750. The molecule has 0 saturated heterocycles. The summed E-state index contributed by atoms with van der Waals surface area (Å²) >= 11 is -2.49. The minimum atomic E-state index is -1.24. The van der Waals surface area contributed by atoms with E-state index in [1.807, 2.05) is 0 Å². The van der Waals surface area contributed by atoms with Crippen LogP contribution in [0.25, 0.3) is 44.5 Å². The van der Waals surface area contributed by atoms with Crippen LogP contribution in [0.15, 0.2) is 170 Å². The molecular weight excluding hydrogens is 1040 g/mol. The number of rotatable bonds is 19. The van der Waals surface area contributed by atoms with Crippen LogP contribution in [0.1, 0.15) is 203 Å². The summed E-state index contributed by atoms with van der Waals surface area (Å²) in [5.41, 5.74) is 25.0. The van der Waals surface area contributed by atoms with E-state index in [1.165, 1.54) is 109 Å². The van der Waals surface area contributed by atoms with Crippen LogP contribution in [-0.2, 0) is 0 Å². The molecule has 4 radical (unpaired) electrons. The van der Waals surface area contributed by atoms with Gasteiger partial charge in [-0.05, 0) is 0 Å². The molecule has 4 heteroatoms. The van der Waals surface area contributed by atoms with Crippen molar-refractivity contribution in [2.45, 2.75) is 158 Å². The van der Waals surface area contributed by atoms with Crippen LogP contribution in [0, 0.1) is 0 Å². The molecule has 0 aliphatic carbocycles. The van der Waals surface area contributed by atoms with Gasteiger partial charge in [0, 0.05) is 0 Å². The van der Waals surface area contributed by atoms with Crippen LogP contribution in [0.5, 0.6) is 0 Å². The van der Waals surface area contributed by atoms with E-state index in [0.717, 1.165) is 0 Å². The van der Waals surface area contributed by atoms with Gasteiger partial charge in [-0.1, -0.05) is 0 Å². The molecule has 0 fully saturated rings. The van der Waals surface area contributed by atoms with E-state index in [1.54, 1.807) is 0 Å². The van der Waals surface area contributed by atoms with Gasteiger partial charge >= 0.3 is 476 Å². The maximum absolute atomic E-state index is 2.81. The zero-order chi connectivity index (χ0) is 54.5. The molecule has 0 spiro atoms. The third kappa shape index (κ3) is 11.8. The Morgan fingerprint density at radius 2 is 0.408 bits per heavy atom. The standard InChI is InChI=1S/C72H84Ge2N2/c1-45(2)55-33-23-34-56(46(3)4)67(55)63-41-27-42-64(68-57(47(5)6)35-24-36-58(68)48(7)8)71(63)73-75(53-29-19-17-20-30-53)76(54-31-21-18-22-32-54)74-72-65(69-59(49(9)10)37-25-38-60(69)50(11)12)43-28-44-66(72)70-61(51(13)14)39-26-40-62(70)52(15)16/h17-52H,1-16H3. The predicted molar refractivity (Wildman–Crippen MR) is 336 cm³/mol. The van der Waals surface area contributed by atoms with E-state index in [4.69, 9.17) is 0 Å². The van der Waals surface area contributed by atoms with Gasteiger partial charge in [-0.15, -0.1) is 0 Å². The van der Waals surface area contributed by atoms with Gasteiger partial charge in [0.1, 0.15) is 0 Å². The number of anilines is 2. The molecule has 8 aromatic carbocycles. The summed E-state index contributed by atoms with van der Waals surface area (Å²) in [7, 11) is 0. The molecule has 0 saturated carbocycles. The van der Waals surface area contributed by atoms with Crippen LogP contribution < -0.4 is 16.7 Å². The molecule has 0 aliphatic rings. The van der Waals surface area contributed by atoms with Crippen LogP contribution in [0.2, 0.25) is 0 Å². The number of nitrogens with zero attached hydrogens (tertiary/aromatic N) is 2. The van der Waals surface area contributed by atoms with Crippen molar-refractivity contribution >= 4 is 51.5 Å². The number of para-hydroxylation sites is 2. The Morgan fingerprint density at radius 1 is 0.224 bits per heavy atom. The van der Waals surface area contributed by atoms with Gasteiger partial charge in [-0.3, -0.25) is 0 Å². The Kier molecular flexibility index (Phi) is 18.5. The van der Waals surface area contributed by atoms with Crippen molar-refractivity contribution in [1.82, 2.24) is 0 Å². The second-order valence-corrected chi connectivity index (χ2v) is 28.3. The molecule has 0 aliphatic heterocycles. The van der Waals surface area contributed by atoms with Crippen LogP contribution >= 0.6 is 0 Å². The molecule has 8 rings (SSSR count). The first kappa shape index (κ1) is 56.6. The molecule has 0 aromatic heterocycles. The molecule has 2 nitrogen and oxygen atoms in total. The maximum atomic E-state index is 2.81. The third-order valence-electron chi connectivity index (χ3n) is 15.3. The molecule has 0 unspecified atom stereocenters. The van der Waals surface area contributed by atoms with Crippen molar-refractivity contribution in [3.63, 3.8) is 0 Å². The molecule has 0 heterocycles. The Morgan fingerprint density at radius 3 is 0.592 bits per heavy atom. The average molecular weight is 1120 g/mol. The molecule has 0 amide bonds. The van der Waals surface area contributed by atoms with Gasteiger partial charge in [0.15, 0.2) is 0 Å². The summed E-state index contributed by atoms with van der Waals surface area (Å²) in [6.45, 7) is 38.1. The van der Waals surface area contributed by atoms with Gasteiger partial charge in [0.2, 0.25) is 0 Å². The molecule has 8 aromatic rings. The summed E-state index contributed by atoms with van der Waals surface area (Å²) in [4.78, 5) is 0. The number of hydrogen-bond donors (Lipinski definition) is 0. The first-order valence-corrected chi connectivity index (χ1v) is 32.4. The van der Waals surface area contributed by atoms with Crippen LogP contribution in [0.3, 0.4) is 0 Å². The predicted octanol–water partition coefficient (Wildman–Crippen LogP) is 19.5. The quantitative estimate of drug-likeness (QED) is 0.0588. The number of hydrogen-bond acceptors (Lipinski definition) is 2. The Labute approximate surface area is 473 Å². The van der Waals surface area contributed by atoms with E-state index in [-0.39, 0.29) is 0 Å². The van der Waals surface area contributed by atoms with E-state index in [0.29, 0.717) is 47.3 Å². The SMILES string of the molecule is CC(C)c1cccc(C(C)C)c1-c1cccc(-c2c(C(C)C)cccc2C(C)C)[c]1[Ge][N](c1ccccc1)[N]([Ge][c]1c(-c2c(C(C)C)cccc2C(C)C)cccc1-c1c(C(C)C)cccc1C(C)C)c1ccccc1. The van der Waals surface area contributed by atoms with Crippen molar-refractivity contribution in [2.24, 2.45) is 0 Å². The molecule has 390 valence electrons. The normalized spacial score (nSPS) is 11.9. The fourth-order valence-corrected chi connectivity index (χ4v) is 18.2. The summed E-state index contributed by atoms with van der Waals surface area (Å²) < 4.78 is 8.59. The number of benzene rings is 8. The van der Waals surface area contributed by atoms with E-state index in [9.17, 15) is 0 Å². The molecule has 0 N–H and O–H groups in total. The molecule has 0 bridgehead atoms. The van der Waals surface area contributed by atoms with Crippen molar-refractivity contribution in [2.75, 3.05) is 7.93 Å². The number of hydrazine groups is 1. The van der Waals surface area contributed by atoms with Crippen molar-refractivity contribution in [1.29, 1.82) is 0 Å². The third-order valence-corrected chi connectivity index (χ3v) is 22.2. The fourth-order valence-electron chi connectivity index (χ4n) is 11.4. The first-order chi connectivity index (χ1) is 36.4. The average Bonchev–Trinajstić information content (AvgIpc) is 3.41.